The molecule has 0 bridgehead atoms. The maximum absolute atomic E-state index is 5.61. The number of aryl methyl sites for hydroxylation is 2. The lowest BCUT2D eigenvalue weighted by Crippen LogP contribution is -2.41. The van der Waals surface area contributed by atoms with Gasteiger partial charge in [-0.05, 0) is 37.8 Å². The van der Waals surface area contributed by atoms with Crippen molar-refractivity contribution in [2.75, 3.05) is 33.4 Å². The SMILES string of the molecule is CN=C(NCc1ccc(C)cc1C)N1CCC2(CCOC2)C1. The molecule has 2 aliphatic rings. The zero-order valence-corrected chi connectivity index (χ0v) is 14.0. The minimum absolute atomic E-state index is 0.372. The Morgan fingerprint density at radius 3 is 2.91 bits per heavy atom. The van der Waals surface area contributed by atoms with Crippen LogP contribution in [0.25, 0.3) is 0 Å². The van der Waals surface area contributed by atoms with Gasteiger partial charge < -0.3 is 15.0 Å². The Morgan fingerprint density at radius 2 is 2.23 bits per heavy atom. The fourth-order valence-corrected chi connectivity index (χ4v) is 3.64. The molecule has 0 aliphatic carbocycles. The molecule has 1 aromatic rings. The monoisotopic (exact) mass is 301 g/mol. The molecule has 0 amide bonds. The number of rotatable bonds is 2. The Balaban J connectivity index is 1.61. The molecule has 4 nitrogen and oxygen atoms in total. The molecule has 4 heteroatoms. The molecule has 3 rings (SSSR count). The van der Waals surface area contributed by atoms with Crippen LogP contribution in [0.5, 0.6) is 0 Å². The molecule has 2 heterocycles. The van der Waals surface area contributed by atoms with E-state index in [0.29, 0.717) is 5.41 Å². The number of ether oxygens (including phenoxy) is 1. The van der Waals surface area contributed by atoms with Gasteiger partial charge >= 0.3 is 0 Å². The third-order valence-electron chi connectivity index (χ3n) is 5.07. The minimum Gasteiger partial charge on any atom is -0.381 e. The number of hydrogen-bond acceptors (Lipinski definition) is 2. The average molecular weight is 301 g/mol. The van der Waals surface area contributed by atoms with Gasteiger partial charge in [-0.3, -0.25) is 4.99 Å². The van der Waals surface area contributed by atoms with Crippen LogP contribution in [-0.2, 0) is 11.3 Å². The van der Waals surface area contributed by atoms with Crippen molar-refractivity contribution in [3.63, 3.8) is 0 Å². The molecular formula is C18H27N3O. The summed E-state index contributed by atoms with van der Waals surface area (Å²) >= 11 is 0. The maximum Gasteiger partial charge on any atom is 0.193 e. The second-order valence-electron chi connectivity index (χ2n) is 6.80. The maximum atomic E-state index is 5.61. The molecular weight excluding hydrogens is 274 g/mol. The predicted molar refractivity (Wildman–Crippen MR) is 90.2 cm³/mol. The lowest BCUT2D eigenvalue weighted by atomic mass is 9.87. The molecule has 1 atom stereocenters. The van der Waals surface area contributed by atoms with Crippen molar-refractivity contribution in [1.82, 2.24) is 10.2 Å². The molecule has 2 aliphatic heterocycles. The van der Waals surface area contributed by atoms with Gasteiger partial charge in [-0.25, -0.2) is 0 Å². The Morgan fingerprint density at radius 1 is 1.36 bits per heavy atom. The van der Waals surface area contributed by atoms with Crippen LogP contribution in [-0.4, -0.2) is 44.2 Å². The lowest BCUT2D eigenvalue weighted by molar-refractivity contribution is 0.156. The Hall–Kier alpha value is -1.55. The summed E-state index contributed by atoms with van der Waals surface area (Å²) in [4.78, 5) is 6.86. The van der Waals surface area contributed by atoms with Gasteiger partial charge in [0.05, 0.1) is 6.61 Å². The van der Waals surface area contributed by atoms with Crippen LogP contribution in [0.1, 0.15) is 29.5 Å². The van der Waals surface area contributed by atoms with E-state index in [9.17, 15) is 0 Å². The van der Waals surface area contributed by atoms with Crippen LogP contribution >= 0.6 is 0 Å². The second-order valence-corrected chi connectivity index (χ2v) is 6.80. The standard InChI is InChI=1S/C18H27N3O/c1-14-4-5-16(15(2)10-14)11-20-17(19-3)21-8-6-18(12-21)7-9-22-13-18/h4-5,10H,6-9,11-13H2,1-3H3,(H,19,20). The van der Waals surface area contributed by atoms with Crippen LogP contribution in [0.3, 0.4) is 0 Å². The van der Waals surface area contributed by atoms with Crippen molar-refractivity contribution < 1.29 is 4.74 Å². The van der Waals surface area contributed by atoms with Gasteiger partial charge in [0.1, 0.15) is 0 Å². The smallest absolute Gasteiger partial charge is 0.193 e. The zero-order valence-electron chi connectivity index (χ0n) is 14.0. The zero-order chi connectivity index (χ0) is 15.6. The third-order valence-corrected chi connectivity index (χ3v) is 5.07. The van der Waals surface area contributed by atoms with Crippen molar-refractivity contribution in [2.24, 2.45) is 10.4 Å². The summed E-state index contributed by atoms with van der Waals surface area (Å²) < 4.78 is 5.61. The molecule has 0 aromatic heterocycles. The molecule has 22 heavy (non-hydrogen) atoms. The van der Waals surface area contributed by atoms with Crippen LogP contribution in [0.4, 0.5) is 0 Å². The van der Waals surface area contributed by atoms with E-state index in [-0.39, 0.29) is 0 Å². The minimum atomic E-state index is 0.372. The van der Waals surface area contributed by atoms with Crippen LogP contribution in [0.2, 0.25) is 0 Å². The van der Waals surface area contributed by atoms with Gasteiger partial charge in [-0.15, -0.1) is 0 Å². The first-order chi connectivity index (χ1) is 10.6. The summed E-state index contributed by atoms with van der Waals surface area (Å²) in [6.07, 6.45) is 2.41. The van der Waals surface area contributed by atoms with Gasteiger partial charge in [-0.2, -0.15) is 0 Å². The molecule has 2 fully saturated rings. The summed E-state index contributed by atoms with van der Waals surface area (Å²) in [6.45, 7) is 9.12. The Bertz CT molecular complexity index is 561. The molecule has 120 valence electrons. The van der Waals surface area contributed by atoms with E-state index in [1.54, 1.807) is 0 Å². The fourth-order valence-electron chi connectivity index (χ4n) is 3.64. The highest BCUT2D eigenvalue weighted by atomic mass is 16.5. The fraction of sp³-hybridized carbons (Fsp3) is 0.611. The normalized spacial score (nSPS) is 25.2. The highest BCUT2D eigenvalue weighted by molar-refractivity contribution is 5.80. The van der Waals surface area contributed by atoms with Crippen molar-refractivity contribution in [3.05, 3.63) is 34.9 Å². The third kappa shape index (κ3) is 3.12. The number of benzene rings is 1. The summed E-state index contributed by atoms with van der Waals surface area (Å²) in [5.74, 6) is 1.02. The summed E-state index contributed by atoms with van der Waals surface area (Å²) in [7, 11) is 1.88. The van der Waals surface area contributed by atoms with Crippen LogP contribution < -0.4 is 5.32 Å². The summed E-state index contributed by atoms with van der Waals surface area (Å²) in [5, 5.41) is 3.53. The number of nitrogens with zero attached hydrogens (tertiary/aromatic N) is 2. The van der Waals surface area contributed by atoms with Gasteiger partial charge in [0, 0.05) is 38.7 Å². The van der Waals surface area contributed by atoms with E-state index in [0.717, 1.165) is 38.8 Å². The Kier molecular flexibility index (Phi) is 4.39. The Labute approximate surface area is 133 Å². The molecule has 1 unspecified atom stereocenters. The molecule has 1 aromatic carbocycles. The number of likely N-dealkylation sites (tertiary alicyclic amines) is 1. The first-order valence-electron chi connectivity index (χ1n) is 8.21. The number of hydrogen-bond donors (Lipinski definition) is 1. The average Bonchev–Trinajstić information content (AvgIpc) is 3.13. The highest BCUT2D eigenvalue weighted by Crippen LogP contribution is 2.38. The predicted octanol–water partition coefficient (Wildman–Crippen LogP) is 2.49. The van der Waals surface area contributed by atoms with Gasteiger partial charge in [0.25, 0.3) is 0 Å². The van der Waals surface area contributed by atoms with E-state index >= 15 is 0 Å². The first-order valence-corrected chi connectivity index (χ1v) is 8.21. The van der Waals surface area contributed by atoms with Crippen LogP contribution in [0.15, 0.2) is 23.2 Å². The van der Waals surface area contributed by atoms with E-state index in [4.69, 9.17) is 4.74 Å². The summed E-state index contributed by atoms with van der Waals surface area (Å²) in [6, 6.07) is 6.62. The van der Waals surface area contributed by atoms with Crippen molar-refractivity contribution in [2.45, 2.75) is 33.2 Å². The molecule has 0 saturated carbocycles. The summed E-state index contributed by atoms with van der Waals surface area (Å²) in [5.41, 5.74) is 4.36. The van der Waals surface area contributed by atoms with Crippen LogP contribution in [0, 0.1) is 19.3 Å². The van der Waals surface area contributed by atoms with Crippen molar-refractivity contribution >= 4 is 5.96 Å². The number of nitrogens with one attached hydrogen (secondary N) is 1. The quantitative estimate of drug-likeness (QED) is 0.673. The van der Waals surface area contributed by atoms with Gasteiger partial charge in [-0.1, -0.05) is 23.8 Å². The van der Waals surface area contributed by atoms with E-state index in [1.165, 1.54) is 29.5 Å². The molecule has 1 N–H and O–H groups in total. The van der Waals surface area contributed by atoms with E-state index in [2.05, 4.69) is 47.3 Å². The first kappa shape index (κ1) is 15.3. The lowest BCUT2D eigenvalue weighted by Gasteiger charge is -2.25. The largest absolute Gasteiger partial charge is 0.381 e. The molecule has 0 radical (unpaired) electrons. The number of aliphatic imine (C=N–C) groups is 1. The topological polar surface area (TPSA) is 36.9 Å². The van der Waals surface area contributed by atoms with E-state index in [1.807, 2.05) is 7.05 Å². The van der Waals surface area contributed by atoms with Gasteiger partial charge in [0.2, 0.25) is 0 Å². The second kappa shape index (κ2) is 6.29. The molecule has 2 saturated heterocycles. The van der Waals surface area contributed by atoms with Crippen molar-refractivity contribution in [3.8, 4) is 0 Å². The number of guanidine groups is 1. The van der Waals surface area contributed by atoms with E-state index < -0.39 is 0 Å². The molecule has 1 spiro atoms. The van der Waals surface area contributed by atoms with Crippen molar-refractivity contribution in [1.29, 1.82) is 0 Å². The highest BCUT2D eigenvalue weighted by Gasteiger charge is 2.42. The van der Waals surface area contributed by atoms with Gasteiger partial charge in [0.15, 0.2) is 5.96 Å².